The molecule has 0 aromatic rings. The molecule has 3 rings (SSSR count). The first kappa shape index (κ1) is 36.0. The summed E-state index contributed by atoms with van der Waals surface area (Å²) in [4.78, 5) is 47.5. The lowest BCUT2D eigenvalue weighted by molar-refractivity contribution is -0.310. The van der Waals surface area contributed by atoms with Crippen molar-refractivity contribution in [1.29, 1.82) is 0 Å². The zero-order chi connectivity index (χ0) is 32.2. The Hall–Kier alpha value is -2.52. The first-order chi connectivity index (χ1) is 21.1. The van der Waals surface area contributed by atoms with Crippen molar-refractivity contribution in [2.75, 3.05) is 67.1 Å². The lowest BCUT2D eigenvalue weighted by Gasteiger charge is -2.43. The van der Waals surface area contributed by atoms with Crippen LogP contribution in [0.2, 0.25) is 0 Å². The number of ether oxygens (including phenoxy) is 12. The molecule has 0 spiro atoms. The first-order valence-electron chi connectivity index (χ1n) is 13.9. The van der Waals surface area contributed by atoms with E-state index in [1.165, 1.54) is 14.2 Å². The number of methoxy groups -OCH3 is 2. The lowest BCUT2D eigenvalue weighted by atomic mass is 9.98. The highest BCUT2D eigenvalue weighted by Crippen LogP contribution is 2.30. The normalized spacial score (nSPS) is 36.4. The van der Waals surface area contributed by atoms with Gasteiger partial charge in [0.1, 0.15) is 24.4 Å². The molecule has 2 N–H and O–H groups in total. The molecule has 3 saturated heterocycles. The van der Waals surface area contributed by atoms with Crippen molar-refractivity contribution in [3.63, 3.8) is 0 Å². The quantitative estimate of drug-likeness (QED) is 0.311. The van der Waals surface area contributed by atoms with Crippen LogP contribution in [0.1, 0.15) is 13.8 Å². The average molecular weight is 641 g/mol. The van der Waals surface area contributed by atoms with Gasteiger partial charge in [-0.2, -0.15) is 0 Å². The van der Waals surface area contributed by atoms with Gasteiger partial charge >= 0.3 is 23.9 Å². The molecule has 10 atom stereocenters. The van der Waals surface area contributed by atoms with E-state index in [-0.39, 0.29) is 52.9 Å². The Balaban J connectivity index is 1.76. The van der Waals surface area contributed by atoms with Gasteiger partial charge < -0.3 is 67.1 Å². The van der Waals surface area contributed by atoms with Crippen LogP contribution < -0.4 is 0 Å². The van der Waals surface area contributed by atoms with E-state index in [2.05, 4.69) is 0 Å². The summed E-state index contributed by atoms with van der Waals surface area (Å²) in [6, 6.07) is 0. The van der Waals surface area contributed by atoms with Gasteiger partial charge in [-0.1, -0.05) is 0 Å². The molecule has 252 valence electrons. The number of rotatable bonds is 6. The van der Waals surface area contributed by atoms with Crippen molar-refractivity contribution in [3.8, 4) is 0 Å². The van der Waals surface area contributed by atoms with Crippen molar-refractivity contribution < 1.29 is 86.2 Å². The summed E-state index contributed by atoms with van der Waals surface area (Å²) in [6.45, 7) is 2.08. The van der Waals surface area contributed by atoms with E-state index in [1.54, 1.807) is 0 Å². The second kappa shape index (κ2) is 17.8. The maximum absolute atomic E-state index is 11.9. The van der Waals surface area contributed by atoms with Gasteiger partial charge in [-0.3, -0.25) is 9.59 Å². The van der Waals surface area contributed by atoms with Gasteiger partial charge in [-0.15, -0.1) is 0 Å². The fraction of sp³-hybridized carbons (Fsp3) is 0.846. The van der Waals surface area contributed by atoms with E-state index in [0.29, 0.717) is 0 Å². The fourth-order valence-electron chi connectivity index (χ4n) is 4.95. The SMILES string of the molecule is CO[C@H]1O[C@H](C(=O)O)[C@@H](OC(C)=O)[C@@H]2OCCOCCO[C@H]3[C@@H](OC)O[C@H](C(=O)O)[C@@H](OC(C)=O)[C@@H]3OCCOCCO[C@@H]12. The largest absolute Gasteiger partial charge is 0.479 e. The van der Waals surface area contributed by atoms with E-state index in [9.17, 15) is 29.4 Å². The average Bonchev–Trinajstić information content (AvgIpc) is 2.96. The molecule has 0 radical (unpaired) electrons. The Morgan fingerprint density at radius 3 is 1.14 bits per heavy atom. The number of hydrogen-bond acceptors (Lipinski definition) is 16. The lowest BCUT2D eigenvalue weighted by Crippen LogP contribution is -2.63. The van der Waals surface area contributed by atoms with E-state index in [1.807, 2.05) is 0 Å². The van der Waals surface area contributed by atoms with E-state index in [0.717, 1.165) is 13.8 Å². The number of carboxylic acid groups (broad SMARTS) is 2. The highest BCUT2D eigenvalue weighted by Gasteiger charge is 2.54. The number of carbonyl (C=O) groups is 4. The van der Waals surface area contributed by atoms with Crippen LogP contribution in [0.5, 0.6) is 0 Å². The van der Waals surface area contributed by atoms with Crippen molar-refractivity contribution in [1.82, 2.24) is 0 Å². The first-order valence-corrected chi connectivity index (χ1v) is 13.9. The van der Waals surface area contributed by atoms with Crippen LogP contribution in [0.25, 0.3) is 0 Å². The Morgan fingerprint density at radius 2 is 0.864 bits per heavy atom. The third-order valence-corrected chi connectivity index (χ3v) is 6.70. The molecule has 0 bridgehead atoms. The second-order valence-electron chi connectivity index (χ2n) is 9.71. The van der Waals surface area contributed by atoms with Crippen LogP contribution in [0.15, 0.2) is 0 Å². The fourth-order valence-corrected chi connectivity index (χ4v) is 4.95. The summed E-state index contributed by atoms with van der Waals surface area (Å²) in [6.07, 6.45) is -12.5. The van der Waals surface area contributed by atoms with Crippen molar-refractivity contribution in [2.45, 2.75) is 75.3 Å². The predicted octanol–water partition coefficient (Wildman–Crippen LogP) is -1.65. The van der Waals surface area contributed by atoms with Gasteiger partial charge in [0.2, 0.25) is 0 Å². The molecule has 3 aliphatic rings. The number of esters is 2. The zero-order valence-electron chi connectivity index (χ0n) is 24.9. The van der Waals surface area contributed by atoms with Gasteiger partial charge in [-0.25, -0.2) is 9.59 Å². The Labute approximate surface area is 252 Å². The van der Waals surface area contributed by atoms with Crippen LogP contribution >= 0.6 is 0 Å². The summed E-state index contributed by atoms with van der Waals surface area (Å²) in [7, 11) is 2.60. The molecule has 0 aliphatic carbocycles. The van der Waals surface area contributed by atoms with Gasteiger partial charge in [0, 0.05) is 28.1 Å². The van der Waals surface area contributed by atoms with Gasteiger partial charge in [-0.05, 0) is 0 Å². The highest BCUT2D eigenvalue weighted by molar-refractivity contribution is 5.75. The molecular formula is C26H40O18. The molecule has 18 nitrogen and oxygen atoms in total. The summed E-state index contributed by atoms with van der Waals surface area (Å²) >= 11 is 0. The maximum Gasteiger partial charge on any atom is 0.336 e. The molecule has 0 aromatic heterocycles. The van der Waals surface area contributed by atoms with Gasteiger partial charge in [0.05, 0.1) is 52.9 Å². The minimum Gasteiger partial charge on any atom is -0.479 e. The van der Waals surface area contributed by atoms with Crippen LogP contribution in [0.4, 0.5) is 0 Å². The molecule has 18 heteroatoms. The smallest absolute Gasteiger partial charge is 0.336 e. The number of carbonyl (C=O) groups excluding carboxylic acids is 2. The van der Waals surface area contributed by atoms with Crippen LogP contribution in [-0.2, 0) is 76.0 Å². The molecular weight excluding hydrogens is 600 g/mol. The Morgan fingerprint density at radius 1 is 0.545 bits per heavy atom. The minimum absolute atomic E-state index is 0.00465. The molecule has 3 heterocycles. The number of carboxylic acids is 2. The van der Waals surface area contributed by atoms with E-state index in [4.69, 9.17) is 56.8 Å². The maximum atomic E-state index is 11.9. The van der Waals surface area contributed by atoms with Gasteiger partial charge in [0.15, 0.2) is 37.0 Å². The summed E-state index contributed by atoms with van der Waals surface area (Å²) < 4.78 is 67.2. The van der Waals surface area contributed by atoms with Crippen molar-refractivity contribution >= 4 is 23.9 Å². The standard InChI is InChI=1S/C26H40O18/c1-13(27)41-17-15-21(25(33-3)43-19(17)23(29)30)39-11-7-36-6-10-38-16-18(42-14(2)28)20(24(31)32)44-26(34-4)22(16)40-12-8-35-5-9-37-15/h15-22,25-26H,5-12H2,1-4H3,(H,29,30)(H,31,32)/t15-,16-,17-,18-,19-,20-,21+,22+,25-,26-/m0/s1. The zero-order valence-corrected chi connectivity index (χ0v) is 24.9. The Bertz CT molecular complexity index is 872. The van der Waals surface area contributed by atoms with Crippen LogP contribution in [0.3, 0.4) is 0 Å². The highest BCUT2D eigenvalue weighted by atomic mass is 16.7. The second-order valence-corrected chi connectivity index (χ2v) is 9.71. The molecule has 0 saturated carbocycles. The van der Waals surface area contributed by atoms with Crippen molar-refractivity contribution in [2.24, 2.45) is 0 Å². The van der Waals surface area contributed by atoms with Crippen LogP contribution in [-0.4, -0.2) is 163 Å². The number of fused-ring (bicyclic) bond motifs is 2. The number of hydrogen-bond donors (Lipinski definition) is 2. The Kier molecular flexibility index (Phi) is 14.6. The molecule has 44 heavy (non-hydrogen) atoms. The molecule has 0 aromatic carbocycles. The summed E-state index contributed by atoms with van der Waals surface area (Å²) in [5.74, 6) is -4.27. The third-order valence-electron chi connectivity index (χ3n) is 6.70. The summed E-state index contributed by atoms with van der Waals surface area (Å²) in [5, 5.41) is 19.4. The third kappa shape index (κ3) is 9.74. The van der Waals surface area contributed by atoms with E-state index < -0.39 is 85.3 Å². The number of aliphatic carboxylic acids is 2. The predicted molar refractivity (Wildman–Crippen MR) is 138 cm³/mol. The summed E-state index contributed by atoms with van der Waals surface area (Å²) in [5.41, 5.74) is 0. The monoisotopic (exact) mass is 640 g/mol. The molecule has 0 amide bonds. The van der Waals surface area contributed by atoms with Gasteiger partial charge in [0.25, 0.3) is 0 Å². The van der Waals surface area contributed by atoms with Crippen molar-refractivity contribution in [3.05, 3.63) is 0 Å². The molecule has 3 aliphatic heterocycles. The van der Waals surface area contributed by atoms with E-state index >= 15 is 0 Å². The minimum atomic E-state index is -1.59. The van der Waals surface area contributed by atoms with Crippen LogP contribution in [0, 0.1) is 0 Å². The molecule has 3 fully saturated rings. The molecule has 0 unspecified atom stereocenters. The topological polar surface area (TPSA) is 219 Å².